The molecule has 0 aliphatic heterocycles. The molecule has 1 heterocycles. The van der Waals surface area contributed by atoms with Gasteiger partial charge < -0.3 is 0 Å². The first kappa shape index (κ1) is 9.60. The molecule has 0 aliphatic carbocycles. The van der Waals surface area contributed by atoms with Crippen LogP contribution in [0.3, 0.4) is 0 Å². The maximum atomic E-state index is 8.07. The van der Waals surface area contributed by atoms with Gasteiger partial charge in [0.1, 0.15) is 0 Å². The lowest BCUT2D eigenvalue weighted by Gasteiger charge is -1.90. The van der Waals surface area contributed by atoms with Gasteiger partial charge in [-0.2, -0.15) is 0 Å². The van der Waals surface area contributed by atoms with E-state index < -0.39 is 0 Å². The van der Waals surface area contributed by atoms with Crippen molar-refractivity contribution in [3.63, 3.8) is 0 Å². The van der Waals surface area contributed by atoms with Crippen molar-refractivity contribution in [2.75, 3.05) is 6.54 Å². The second kappa shape index (κ2) is 4.52. The minimum absolute atomic E-state index is 0.220. The predicted molar refractivity (Wildman–Crippen MR) is 62.7 cm³/mol. The third kappa shape index (κ3) is 2.29. The van der Waals surface area contributed by atoms with Crippen molar-refractivity contribution in [2.45, 2.75) is 0 Å². The van der Waals surface area contributed by atoms with Gasteiger partial charge in [-0.1, -0.05) is 17.0 Å². The van der Waals surface area contributed by atoms with Crippen molar-refractivity contribution in [1.29, 1.82) is 0 Å². The number of benzene rings is 1. The smallest absolute Gasteiger partial charge is 0.0880 e. The molecule has 0 fully saturated rings. The van der Waals surface area contributed by atoms with E-state index in [0.29, 0.717) is 0 Å². The van der Waals surface area contributed by atoms with Gasteiger partial charge in [-0.15, -0.1) is 11.3 Å². The van der Waals surface area contributed by atoms with Crippen LogP contribution in [0.5, 0.6) is 0 Å². The van der Waals surface area contributed by atoms with Crippen LogP contribution in [-0.2, 0) is 0 Å². The minimum atomic E-state index is 0.220. The van der Waals surface area contributed by atoms with Gasteiger partial charge in [0.05, 0.1) is 6.54 Å². The van der Waals surface area contributed by atoms with Crippen molar-refractivity contribution < 1.29 is 0 Å². The van der Waals surface area contributed by atoms with Crippen molar-refractivity contribution in [1.82, 2.24) is 0 Å². The fourth-order valence-electron chi connectivity index (χ4n) is 1.25. The molecule has 2 aromatic rings. The van der Waals surface area contributed by atoms with Gasteiger partial charge in [0, 0.05) is 15.2 Å². The largest absolute Gasteiger partial charge is 0.144 e. The van der Waals surface area contributed by atoms with E-state index in [2.05, 4.69) is 39.4 Å². The van der Waals surface area contributed by atoms with E-state index in [9.17, 15) is 0 Å². The quantitative estimate of drug-likeness (QED) is 0.301. The second-order valence-electron chi connectivity index (χ2n) is 2.86. The van der Waals surface area contributed by atoms with Crippen molar-refractivity contribution in [3.05, 3.63) is 45.7 Å². The number of fused-ring (bicyclic) bond motifs is 1. The van der Waals surface area contributed by atoms with Gasteiger partial charge in [0.15, 0.2) is 0 Å². The highest BCUT2D eigenvalue weighted by Crippen LogP contribution is 2.21. The Morgan fingerprint density at radius 3 is 3.20 bits per heavy atom. The summed E-state index contributed by atoms with van der Waals surface area (Å²) in [7, 11) is 0. The summed E-state index contributed by atoms with van der Waals surface area (Å²) in [6, 6.07) is 8.13. The molecule has 0 bridgehead atoms. The van der Waals surface area contributed by atoms with E-state index in [1.54, 1.807) is 11.3 Å². The molecule has 0 amide bonds. The Kier molecular flexibility index (Phi) is 2.89. The minimum Gasteiger partial charge on any atom is -0.144 e. The molecule has 0 radical (unpaired) electrons. The average molecular weight is 213 g/mol. The Labute approximate surface area is 91.0 Å². The maximum Gasteiger partial charge on any atom is 0.0880 e. The zero-order valence-corrected chi connectivity index (χ0v) is 8.66. The third-order valence-corrected chi connectivity index (χ3v) is 2.80. The number of rotatable bonds is 1. The lowest BCUT2D eigenvalue weighted by atomic mass is 10.2. The molecular formula is C11H7N3S. The molecule has 4 heteroatoms. The van der Waals surface area contributed by atoms with Crippen LogP contribution in [0.15, 0.2) is 34.8 Å². The Morgan fingerprint density at radius 2 is 2.33 bits per heavy atom. The van der Waals surface area contributed by atoms with Crippen LogP contribution in [0.1, 0.15) is 5.56 Å². The Morgan fingerprint density at radius 1 is 1.40 bits per heavy atom. The first-order chi connectivity index (χ1) is 7.40. The van der Waals surface area contributed by atoms with E-state index in [-0.39, 0.29) is 6.54 Å². The van der Waals surface area contributed by atoms with Gasteiger partial charge in [-0.3, -0.25) is 0 Å². The fraction of sp³-hybridized carbons (Fsp3) is 0.0909. The molecule has 2 rings (SSSR count). The summed E-state index contributed by atoms with van der Waals surface area (Å²) in [4.78, 5) is 2.63. The van der Waals surface area contributed by atoms with Crippen molar-refractivity contribution in [2.24, 2.45) is 5.11 Å². The van der Waals surface area contributed by atoms with E-state index in [4.69, 9.17) is 5.53 Å². The summed E-state index contributed by atoms with van der Waals surface area (Å²) in [5.41, 5.74) is 9.02. The van der Waals surface area contributed by atoms with Gasteiger partial charge in [-0.25, -0.2) is 0 Å². The molecule has 72 valence electrons. The first-order valence-corrected chi connectivity index (χ1v) is 5.25. The van der Waals surface area contributed by atoms with E-state index in [1.165, 1.54) is 10.1 Å². The predicted octanol–water partition coefficient (Wildman–Crippen LogP) is 3.56. The highest BCUT2D eigenvalue weighted by Gasteiger charge is 1.94. The standard InChI is InChI=1S/C11H7N3S/c12-14-13-6-1-2-9-3-4-11-10(8-9)5-7-15-11/h3-5,7-8H,6H2. The summed E-state index contributed by atoms with van der Waals surface area (Å²) in [5.74, 6) is 5.74. The summed E-state index contributed by atoms with van der Waals surface area (Å²) < 4.78 is 1.26. The molecule has 0 unspecified atom stereocenters. The van der Waals surface area contributed by atoms with Crippen LogP contribution in [-0.4, -0.2) is 6.54 Å². The van der Waals surface area contributed by atoms with Gasteiger partial charge in [-0.05, 0) is 40.6 Å². The molecule has 3 nitrogen and oxygen atoms in total. The van der Waals surface area contributed by atoms with E-state index in [0.717, 1.165) is 5.56 Å². The molecule has 0 spiro atoms. The molecule has 1 aromatic carbocycles. The number of hydrogen-bond acceptors (Lipinski definition) is 2. The molecule has 0 saturated heterocycles. The summed E-state index contributed by atoms with van der Waals surface area (Å²) in [6.45, 7) is 0.220. The molecule has 0 atom stereocenters. The highest BCUT2D eigenvalue weighted by atomic mass is 32.1. The number of thiophene rings is 1. The maximum absolute atomic E-state index is 8.07. The molecule has 0 aliphatic rings. The normalized spacial score (nSPS) is 9.07. The fourth-order valence-corrected chi connectivity index (χ4v) is 2.02. The monoisotopic (exact) mass is 213 g/mol. The van der Waals surface area contributed by atoms with Crippen LogP contribution in [0.2, 0.25) is 0 Å². The van der Waals surface area contributed by atoms with Crippen LogP contribution < -0.4 is 0 Å². The molecule has 0 N–H and O–H groups in total. The second-order valence-corrected chi connectivity index (χ2v) is 3.81. The van der Waals surface area contributed by atoms with Gasteiger partial charge >= 0.3 is 0 Å². The highest BCUT2D eigenvalue weighted by molar-refractivity contribution is 7.17. The number of azide groups is 1. The molecule has 1 aromatic heterocycles. The molecule has 15 heavy (non-hydrogen) atoms. The molecule has 0 saturated carbocycles. The number of nitrogens with zero attached hydrogens (tertiary/aromatic N) is 3. The molecular weight excluding hydrogens is 206 g/mol. The Balaban J connectivity index is 2.26. The summed E-state index contributed by atoms with van der Waals surface area (Å²) >= 11 is 1.71. The van der Waals surface area contributed by atoms with Crippen LogP contribution in [0, 0.1) is 11.8 Å². The van der Waals surface area contributed by atoms with Gasteiger partial charge in [0.2, 0.25) is 0 Å². The summed E-state index contributed by atoms with van der Waals surface area (Å²) in [5, 5.41) is 6.61. The SMILES string of the molecule is [N-]=[N+]=NCC#Cc1ccc2sccc2c1. The number of hydrogen-bond donors (Lipinski definition) is 0. The van der Waals surface area contributed by atoms with Gasteiger partial charge in [0.25, 0.3) is 0 Å². The van der Waals surface area contributed by atoms with Crippen LogP contribution in [0.25, 0.3) is 20.5 Å². The average Bonchev–Trinajstić information content (AvgIpc) is 2.71. The van der Waals surface area contributed by atoms with E-state index >= 15 is 0 Å². The third-order valence-electron chi connectivity index (χ3n) is 1.90. The Hall–Kier alpha value is -1.95. The Bertz CT molecular complexity index is 582. The zero-order valence-electron chi connectivity index (χ0n) is 7.84. The van der Waals surface area contributed by atoms with Crippen LogP contribution in [0.4, 0.5) is 0 Å². The van der Waals surface area contributed by atoms with Crippen molar-refractivity contribution in [3.8, 4) is 11.8 Å². The topological polar surface area (TPSA) is 48.8 Å². The lowest BCUT2D eigenvalue weighted by Crippen LogP contribution is -1.74. The van der Waals surface area contributed by atoms with Crippen molar-refractivity contribution >= 4 is 21.4 Å². The van der Waals surface area contributed by atoms with E-state index in [1.807, 2.05) is 12.1 Å². The summed E-state index contributed by atoms with van der Waals surface area (Å²) in [6.07, 6.45) is 0. The lowest BCUT2D eigenvalue weighted by molar-refractivity contribution is 1.25. The first-order valence-electron chi connectivity index (χ1n) is 4.37. The van der Waals surface area contributed by atoms with Crippen LogP contribution >= 0.6 is 11.3 Å². The zero-order chi connectivity index (χ0) is 10.5.